The zero-order valence-corrected chi connectivity index (χ0v) is 9.41. The molecule has 0 radical (unpaired) electrons. The number of aryl methyl sites for hydroxylation is 1. The van der Waals surface area contributed by atoms with E-state index < -0.39 is 0 Å². The molecule has 0 saturated carbocycles. The second-order valence-electron chi connectivity index (χ2n) is 3.36. The molecule has 0 aliphatic carbocycles. The van der Waals surface area contributed by atoms with Gasteiger partial charge < -0.3 is 14.5 Å². The van der Waals surface area contributed by atoms with Crippen LogP contribution in [0.15, 0.2) is 21.5 Å². The van der Waals surface area contributed by atoms with Crippen LogP contribution in [0.1, 0.15) is 19.1 Å². The van der Waals surface area contributed by atoms with Crippen molar-refractivity contribution in [2.24, 2.45) is 0 Å². The highest BCUT2D eigenvalue weighted by Gasteiger charge is 2.05. The van der Waals surface area contributed by atoms with Crippen LogP contribution in [-0.2, 0) is 4.79 Å². The lowest BCUT2D eigenvalue weighted by molar-refractivity contribution is -0.123. The smallest absolute Gasteiger partial charge is 0.257 e. The molecule has 1 N–H and O–H groups in total. The van der Waals surface area contributed by atoms with Crippen LogP contribution in [0.2, 0.25) is 0 Å². The Balaban J connectivity index is 2.48. The quantitative estimate of drug-likeness (QED) is 0.806. The fourth-order valence-electron chi connectivity index (χ4n) is 1.06. The van der Waals surface area contributed by atoms with E-state index in [1.807, 2.05) is 6.92 Å². The van der Waals surface area contributed by atoms with Crippen LogP contribution < -0.4 is 15.5 Å². The van der Waals surface area contributed by atoms with Gasteiger partial charge in [0.2, 0.25) is 11.2 Å². The van der Waals surface area contributed by atoms with Gasteiger partial charge in [-0.2, -0.15) is 0 Å². The summed E-state index contributed by atoms with van der Waals surface area (Å²) >= 11 is 0. The van der Waals surface area contributed by atoms with Crippen molar-refractivity contribution in [2.45, 2.75) is 20.3 Å². The summed E-state index contributed by atoms with van der Waals surface area (Å²) in [5.41, 5.74) is -0.285. The Kier molecular flexibility index (Phi) is 4.57. The van der Waals surface area contributed by atoms with E-state index in [0.29, 0.717) is 12.3 Å². The van der Waals surface area contributed by atoms with Crippen LogP contribution in [0.3, 0.4) is 0 Å². The van der Waals surface area contributed by atoms with Gasteiger partial charge in [-0.15, -0.1) is 0 Å². The molecule has 0 aliphatic rings. The average molecular weight is 225 g/mol. The zero-order chi connectivity index (χ0) is 12.0. The second-order valence-corrected chi connectivity index (χ2v) is 3.36. The highest BCUT2D eigenvalue weighted by molar-refractivity contribution is 5.77. The molecule has 0 atom stereocenters. The SMILES string of the molecule is CCCNC(=O)COc1coc(C)cc1=O. The molecule has 0 fully saturated rings. The fraction of sp³-hybridized carbons (Fsp3) is 0.455. The van der Waals surface area contributed by atoms with Crippen molar-refractivity contribution < 1.29 is 13.9 Å². The fourth-order valence-corrected chi connectivity index (χ4v) is 1.06. The molecule has 0 bridgehead atoms. The lowest BCUT2D eigenvalue weighted by atomic mass is 10.4. The van der Waals surface area contributed by atoms with Crippen LogP contribution in [0.5, 0.6) is 5.75 Å². The van der Waals surface area contributed by atoms with E-state index in [1.165, 1.54) is 12.3 Å². The topological polar surface area (TPSA) is 68.5 Å². The van der Waals surface area contributed by atoms with Gasteiger partial charge in [0.25, 0.3) is 5.91 Å². The van der Waals surface area contributed by atoms with Crippen LogP contribution in [0, 0.1) is 6.92 Å². The summed E-state index contributed by atoms with van der Waals surface area (Å²) < 4.78 is 10.0. The third-order valence-corrected chi connectivity index (χ3v) is 1.86. The number of rotatable bonds is 5. The third-order valence-electron chi connectivity index (χ3n) is 1.86. The van der Waals surface area contributed by atoms with Crippen molar-refractivity contribution in [3.8, 4) is 5.75 Å². The van der Waals surface area contributed by atoms with Gasteiger partial charge in [0.05, 0.1) is 0 Å². The maximum Gasteiger partial charge on any atom is 0.257 e. The molecule has 1 aromatic rings. The van der Waals surface area contributed by atoms with E-state index in [2.05, 4.69) is 5.32 Å². The summed E-state index contributed by atoms with van der Waals surface area (Å²) in [5.74, 6) is 0.312. The molecule has 0 unspecified atom stereocenters. The summed E-state index contributed by atoms with van der Waals surface area (Å²) in [7, 11) is 0. The first kappa shape index (κ1) is 12.3. The number of nitrogens with one attached hydrogen (secondary N) is 1. The maximum absolute atomic E-state index is 11.3. The van der Waals surface area contributed by atoms with Gasteiger partial charge in [0, 0.05) is 12.6 Å². The van der Waals surface area contributed by atoms with Crippen LogP contribution >= 0.6 is 0 Å². The molecular weight excluding hydrogens is 210 g/mol. The lowest BCUT2D eigenvalue weighted by Crippen LogP contribution is -2.30. The van der Waals surface area contributed by atoms with Gasteiger partial charge >= 0.3 is 0 Å². The molecule has 88 valence electrons. The Morgan fingerprint density at radius 2 is 2.31 bits per heavy atom. The number of carbonyl (C=O) groups excluding carboxylic acids is 1. The molecule has 5 heteroatoms. The van der Waals surface area contributed by atoms with Gasteiger partial charge in [0.1, 0.15) is 12.0 Å². The predicted octanol–water partition coefficient (Wildman–Crippen LogP) is 0.853. The number of ether oxygens (including phenoxy) is 1. The van der Waals surface area contributed by atoms with E-state index in [0.717, 1.165) is 6.42 Å². The summed E-state index contributed by atoms with van der Waals surface area (Å²) in [6.07, 6.45) is 2.07. The minimum Gasteiger partial charge on any atom is -0.477 e. The van der Waals surface area contributed by atoms with E-state index in [-0.39, 0.29) is 23.7 Å². The van der Waals surface area contributed by atoms with E-state index in [1.54, 1.807) is 6.92 Å². The lowest BCUT2D eigenvalue weighted by Gasteiger charge is -2.05. The third kappa shape index (κ3) is 3.76. The Morgan fingerprint density at radius 1 is 1.56 bits per heavy atom. The first-order chi connectivity index (χ1) is 7.63. The summed E-state index contributed by atoms with van der Waals surface area (Å²) in [5, 5.41) is 2.64. The highest BCUT2D eigenvalue weighted by Crippen LogP contribution is 2.04. The molecule has 1 aromatic heterocycles. The first-order valence-electron chi connectivity index (χ1n) is 5.12. The van der Waals surface area contributed by atoms with Gasteiger partial charge in [0.15, 0.2) is 6.61 Å². The molecule has 1 rings (SSSR count). The molecule has 1 amide bonds. The Morgan fingerprint density at radius 3 is 2.94 bits per heavy atom. The zero-order valence-electron chi connectivity index (χ0n) is 9.41. The van der Waals surface area contributed by atoms with Crippen LogP contribution in [-0.4, -0.2) is 19.1 Å². The predicted molar refractivity (Wildman–Crippen MR) is 58.5 cm³/mol. The molecule has 1 heterocycles. The normalized spacial score (nSPS) is 9.88. The molecule has 0 aromatic carbocycles. The molecular formula is C11H15NO4. The Hall–Kier alpha value is -1.78. The molecule has 0 spiro atoms. The van der Waals surface area contributed by atoms with Crippen molar-refractivity contribution in [1.82, 2.24) is 5.32 Å². The minimum atomic E-state index is -0.285. The Bertz CT molecular complexity index is 411. The average Bonchev–Trinajstić information content (AvgIpc) is 2.25. The van der Waals surface area contributed by atoms with Gasteiger partial charge in [-0.25, -0.2) is 0 Å². The van der Waals surface area contributed by atoms with Crippen LogP contribution in [0.25, 0.3) is 0 Å². The van der Waals surface area contributed by atoms with Crippen molar-refractivity contribution in [1.29, 1.82) is 0 Å². The maximum atomic E-state index is 11.3. The minimum absolute atomic E-state index is 0.0530. The van der Waals surface area contributed by atoms with Crippen molar-refractivity contribution >= 4 is 5.91 Å². The van der Waals surface area contributed by atoms with Gasteiger partial charge in [-0.05, 0) is 13.3 Å². The standard InChI is InChI=1S/C11H15NO4/c1-3-4-12-11(14)7-16-10-6-15-8(2)5-9(10)13/h5-6H,3-4,7H2,1-2H3,(H,12,14). The van der Waals surface area contributed by atoms with E-state index in [9.17, 15) is 9.59 Å². The van der Waals surface area contributed by atoms with Crippen molar-refractivity contribution in [2.75, 3.05) is 13.2 Å². The van der Waals surface area contributed by atoms with Gasteiger partial charge in [-0.3, -0.25) is 9.59 Å². The summed E-state index contributed by atoms with van der Waals surface area (Å²) in [6, 6.07) is 1.32. The highest BCUT2D eigenvalue weighted by atomic mass is 16.5. The van der Waals surface area contributed by atoms with Gasteiger partial charge in [-0.1, -0.05) is 6.92 Å². The molecule has 0 saturated heterocycles. The van der Waals surface area contributed by atoms with E-state index in [4.69, 9.17) is 9.15 Å². The number of amides is 1. The number of hydrogen-bond donors (Lipinski definition) is 1. The molecule has 5 nitrogen and oxygen atoms in total. The first-order valence-corrected chi connectivity index (χ1v) is 5.12. The van der Waals surface area contributed by atoms with Crippen molar-refractivity contribution in [3.05, 3.63) is 28.3 Å². The Labute approximate surface area is 93.4 Å². The summed E-state index contributed by atoms with van der Waals surface area (Å²) in [6.45, 7) is 4.05. The second kappa shape index (κ2) is 5.95. The monoisotopic (exact) mass is 225 g/mol. The molecule has 16 heavy (non-hydrogen) atoms. The summed E-state index contributed by atoms with van der Waals surface area (Å²) in [4.78, 5) is 22.5. The van der Waals surface area contributed by atoms with Crippen molar-refractivity contribution in [3.63, 3.8) is 0 Å². The largest absolute Gasteiger partial charge is 0.477 e. The number of carbonyl (C=O) groups is 1. The van der Waals surface area contributed by atoms with E-state index >= 15 is 0 Å². The van der Waals surface area contributed by atoms with Crippen LogP contribution in [0.4, 0.5) is 0 Å². The molecule has 0 aliphatic heterocycles. The number of hydrogen-bond acceptors (Lipinski definition) is 4.